The lowest BCUT2D eigenvalue weighted by molar-refractivity contribution is 0.0661. The number of unbranched alkanes of at least 4 members (excludes halogenated alkanes) is 1. The number of carboxylic acids is 1. The largest absolute Gasteiger partial charge is 0.475 e. The Morgan fingerprint density at radius 1 is 1.56 bits per heavy atom. The average Bonchev–Trinajstić information content (AvgIpc) is 2.57. The van der Waals surface area contributed by atoms with Gasteiger partial charge in [-0.3, -0.25) is 0 Å². The maximum absolute atomic E-state index is 10.7. The van der Waals surface area contributed by atoms with E-state index >= 15 is 0 Å². The van der Waals surface area contributed by atoms with Crippen molar-refractivity contribution in [3.63, 3.8) is 0 Å². The zero-order valence-electron chi connectivity index (χ0n) is 10.1. The van der Waals surface area contributed by atoms with E-state index in [1.807, 2.05) is 7.05 Å². The number of rotatable bonds is 6. The molecule has 0 aliphatic rings. The summed E-state index contributed by atoms with van der Waals surface area (Å²) in [5.41, 5.74) is 0.955. The number of aromatic carboxylic acids is 1. The van der Waals surface area contributed by atoms with Crippen LogP contribution in [0.4, 0.5) is 0 Å². The monoisotopic (exact) mass is 225 g/mol. The van der Waals surface area contributed by atoms with Gasteiger partial charge in [0.2, 0.25) is 5.76 Å². The maximum atomic E-state index is 10.7. The van der Waals surface area contributed by atoms with Crippen LogP contribution in [-0.4, -0.2) is 29.6 Å². The second-order valence-corrected chi connectivity index (χ2v) is 4.09. The Bertz CT molecular complexity index is 357. The zero-order valence-corrected chi connectivity index (χ0v) is 10.1. The summed E-state index contributed by atoms with van der Waals surface area (Å²) in [6, 6.07) is 1.61. The second-order valence-electron chi connectivity index (χ2n) is 4.09. The number of carboxylic acid groups (broad SMARTS) is 1. The summed E-state index contributed by atoms with van der Waals surface area (Å²) in [7, 11) is 2.03. The molecule has 0 radical (unpaired) electrons. The highest BCUT2D eigenvalue weighted by atomic mass is 16.4. The van der Waals surface area contributed by atoms with Crippen LogP contribution in [0.5, 0.6) is 0 Å². The molecular weight excluding hydrogens is 206 g/mol. The average molecular weight is 225 g/mol. The van der Waals surface area contributed by atoms with Gasteiger partial charge in [-0.15, -0.1) is 0 Å². The molecule has 0 atom stereocenters. The summed E-state index contributed by atoms with van der Waals surface area (Å²) < 4.78 is 5.16. The van der Waals surface area contributed by atoms with Gasteiger partial charge >= 0.3 is 5.97 Å². The van der Waals surface area contributed by atoms with E-state index in [0.29, 0.717) is 5.76 Å². The van der Waals surface area contributed by atoms with Gasteiger partial charge in [0.05, 0.1) is 0 Å². The third kappa shape index (κ3) is 3.38. The minimum atomic E-state index is -1.01. The first kappa shape index (κ1) is 12.8. The Kier molecular flexibility index (Phi) is 4.55. The molecule has 1 rings (SSSR count). The van der Waals surface area contributed by atoms with Gasteiger partial charge < -0.3 is 14.4 Å². The fraction of sp³-hybridized carbons (Fsp3) is 0.583. The highest BCUT2D eigenvalue weighted by Crippen LogP contribution is 2.16. The van der Waals surface area contributed by atoms with E-state index in [4.69, 9.17) is 9.52 Å². The first-order chi connectivity index (χ1) is 7.54. The molecule has 1 N–H and O–H groups in total. The summed E-state index contributed by atoms with van der Waals surface area (Å²) in [5, 5.41) is 8.79. The summed E-state index contributed by atoms with van der Waals surface area (Å²) in [6.07, 6.45) is 2.31. The number of carbonyl (C=O) groups is 1. The zero-order chi connectivity index (χ0) is 12.1. The van der Waals surface area contributed by atoms with Crippen LogP contribution in [-0.2, 0) is 6.54 Å². The van der Waals surface area contributed by atoms with E-state index in [9.17, 15) is 4.79 Å². The molecule has 16 heavy (non-hydrogen) atoms. The smallest absolute Gasteiger partial charge is 0.371 e. The molecule has 0 aliphatic carbocycles. The molecule has 1 aromatic heterocycles. The van der Waals surface area contributed by atoms with Crippen molar-refractivity contribution < 1.29 is 14.3 Å². The molecule has 0 bridgehead atoms. The van der Waals surface area contributed by atoms with Crippen LogP contribution in [0.25, 0.3) is 0 Å². The lowest BCUT2D eigenvalue weighted by Gasteiger charge is -2.15. The Morgan fingerprint density at radius 3 is 2.75 bits per heavy atom. The molecule has 0 saturated carbocycles. The molecule has 0 amide bonds. The van der Waals surface area contributed by atoms with Gasteiger partial charge in [0.25, 0.3) is 0 Å². The normalized spacial score (nSPS) is 11.0. The van der Waals surface area contributed by atoms with Crippen LogP contribution in [0.2, 0.25) is 0 Å². The molecule has 0 aliphatic heterocycles. The van der Waals surface area contributed by atoms with Gasteiger partial charge in [-0.05, 0) is 33.0 Å². The molecule has 4 nitrogen and oxygen atoms in total. The predicted molar refractivity (Wildman–Crippen MR) is 61.6 cm³/mol. The van der Waals surface area contributed by atoms with E-state index in [2.05, 4.69) is 11.8 Å². The summed E-state index contributed by atoms with van der Waals surface area (Å²) in [4.78, 5) is 12.9. The lowest BCUT2D eigenvalue weighted by Crippen LogP contribution is -2.19. The Balaban J connectivity index is 2.62. The van der Waals surface area contributed by atoms with Crippen molar-refractivity contribution in [2.24, 2.45) is 0 Å². The van der Waals surface area contributed by atoms with E-state index in [0.717, 1.165) is 31.5 Å². The van der Waals surface area contributed by atoms with Gasteiger partial charge in [-0.1, -0.05) is 13.3 Å². The molecule has 90 valence electrons. The van der Waals surface area contributed by atoms with Crippen LogP contribution in [0.3, 0.4) is 0 Å². The first-order valence-corrected chi connectivity index (χ1v) is 5.55. The Hall–Kier alpha value is -1.29. The van der Waals surface area contributed by atoms with E-state index < -0.39 is 5.97 Å². The van der Waals surface area contributed by atoms with E-state index in [1.54, 1.807) is 13.0 Å². The molecule has 0 unspecified atom stereocenters. The van der Waals surface area contributed by atoms with Crippen LogP contribution in [0.15, 0.2) is 10.5 Å². The van der Waals surface area contributed by atoms with E-state index in [-0.39, 0.29) is 5.76 Å². The minimum absolute atomic E-state index is 0.0244. The highest BCUT2D eigenvalue weighted by molar-refractivity contribution is 5.84. The highest BCUT2D eigenvalue weighted by Gasteiger charge is 2.13. The summed E-state index contributed by atoms with van der Waals surface area (Å²) >= 11 is 0. The number of hydrogen-bond acceptors (Lipinski definition) is 3. The molecule has 1 heterocycles. The summed E-state index contributed by atoms with van der Waals surface area (Å²) in [5.74, 6) is -0.289. The van der Waals surface area contributed by atoms with Crippen molar-refractivity contribution in [1.82, 2.24) is 4.90 Å². The van der Waals surface area contributed by atoms with Crippen molar-refractivity contribution in [2.75, 3.05) is 13.6 Å². The van der Waals surface area contributed by atoms with Gasteiger partial charge in [0, 0.05) is 12.1 Å². The van der Waals surface area contributed by atoms with Gasteiger partial charge in [-0.2, -0.15) is 0 Å². The third-order valence-corrected chi connectivity index (χ3v) is 2.57. The maximum Gasteiger partial charge on any atom is 0.371 e. The lowest BCUT2D eigenvalue weighted by atomic mass is 10.2. The van der Waals surface area contributed by atoms with Crippen LogP contribution in [0, 0.1) is 6.92 Å². The van der Waals surface area contributed by atoms with Crippen molar-refractivity contribution >= 4 is 5.97 Å². The van der Waals surface area contributed by atoms with Crippen LogP contribution in [0.1, 0.15) is 41.6 Å². The van der Waals surface area contributed by atoms with E-state index in [1.165, 1.54) is 0 Å². The molecule has 0 spiro atoms. The number of furan rings is 1. The van der Waals surface area contributed by atoms with Crippen molar-refractivity contribution in [2.45, 2.75) is 33.2 Å². The Labute approximate surface area is 95.9 Å². The molecule has 0 aromatic carbocycles. The molecule has 1 aromatic rings. The van der Waals surface area contributed by atoms with Gasteiger partial charge in [0.15, 0.2) is 0 Å². The number of hydrogen-bond donors (Lipinski definition) is 1. The van der Waals surface area contributed by atoms with Crippen LogP contribution >= 0.6 is 0 Å². The Morgan fingerprint density at radius 2 is 2.25 bits per heavy atom. The quantitative estimate of drug-likeness (QED) is 0.808. The number of nitrogens with zero attached hydrogens (tertiary/aromatic N) is 1. The first-order valence-electron chi connectivity index (χ1n) is 5.55. The minimum Gasteiger partial charge on any atom is -0.475 e. The third-order valence-electron chi connectivity index (χ3n) is 2.57. The van der Waals surface area contributed by atoms with Crippen molar-refractivity contribution in [3.05, 3.63) is 23.2 Å². The predicted octanol–water partition coefficient (Wildman–Crippen LogP) is 2.52. The number of aryl methyl sites for hydroxylation is 1. The molecule has 4 heteroatoms. The fourth-order valence-corrected chi connectivity index (χ4v) is 1.58. The second kappa shape index (κ2) is 5.70. The SMILES string of the molecule is CCCCN(C)Cc1cc(C(=O)O)oc1C. The molecule has 0 fully saturated rings. The van der Waals surface area contributed by atoms with Gasteiger partial charge in [-0.25, -0.2) is 4.79 Å². The standard InChI is InChI=1S/C12H19NO3/c1-4-5-6-13(3)8-10-7-11(12(14)15)16-9(10)2/h7H,4-6,8H2,1-3H3,(H,14,15). The van der Waals surface area contributed by atoms with Crippen molar-refractivity contribution in [1.29, 1.82) is 0 Å². The van der Waals surface area contributed by atoms with Crippen molar-refractivity contribution in [3.8, 4) is 0 Å². The molecular formula is C12H19NO3. The van der Waals surface area contributed by atoms with Crippen LogP contribution < -0.4 is 0 Å². The molecule has 0 saturated heterocycles. The van der Waals surface area contributed by atoms with Gasteiger partial charge in [0.1, 0.15) is 5.76 Å². The summed E-state index contributed by atoms with van der Waals surface area (Å²) in [6.45, 7) is 5.71. The topological polar surface area (TPSA) is 53.7 Å². The fourth-order valence-electron chi connectivity index (χ4n) is 1.58.